The summed E-state index contributed by atoms with van der Waals surface area (Å²) in [5.74, 6) is -1.21. The molecule has 0 radical (unpaired) electrons. The maximum atomic E-state index is 11.5. The van der Waals surface area contributed by atoms with Crippen LogP contribution in [0.2, 0.25) is 0 Å². The lowest BCUT2D eigenvalue weighted by molar-refractivity contribution is -0.141. The van der Waals surface area contributed by atoms with Crippen LogP contribution in [-0.4, -0.2) is 35.6 Å². The van der Waals surface area contributed by atoms with Crippen molar-refractivity contribution in [1.29, 1.82) is 0 Å². The largest absolute Gasteiger partial charge is 0.480 e. The van der Waals surface area contributed by atoms with Gasteiger partial charge in [0.05, 0.1) is 6.04 Å². The topological polar surface area (TPSA) is 78.4 Å². The summed E-state index contributed by atoms with van der Waals surface area (Å²) < 4.78 is 0. The lowest BCUT2D eigenvalue weighted by Crippen LogP contribution is -2.50. The first-order valence-corrected chi connectivity index (χ1v) is 4.88. The molecule has 5 nitrogen and oxygen atoms in total. The molecule has 1 aliphatic rings. The van der Waals surface area contributed by atoms with Crippen molar-refractivity contribution in [3.8, 4) is 0 Å². The van der Waals surface area contributed by atoms with Crippen molar-refractivity contribution >= 4 is 11.9 Å². The van der Waals surface area contributed by atoms with Gasteiger partial charge < -0.3 is 15.7 Å². The number of carbonyl (C=O) groups is 2. The molecule has 5 heteroatoms. The van der Waals surface area contributed by atoms with Crippen LogP contribution >= 0.6 is 0 Å². The van der Waals surface area contributed by atoms with Crippen LogP contribution in [0.5, 0.6) is 0 Å². The third-order valence-corrected chi connectivity index (χ3v) is 2.36. The molecule has 0 saturated carbocycles. The highest BCUT2D eigenvalue weighted by molar-refractivity contribution is 5.86. The van der Waals surface area contributed by atoms with E-state index in [1.54, 1.807) is 0 Å². The van der Waals surface area contributed by atoms with E-state index in [4.69, 9.17) is 5.11 Å². The molecule has 2 atom stereocenters. The van der Waals surface area contributed by atoms with Gasteiger partial charge >= 0.3 is 5.97 Å². The molecule has 0 aromatic carbocycles. The minimum Gasteiger partial charge on any atom is -0.480 e. The van der Waals surface area contributed by atoms with Crippen LogP contribution in [0.15, 0.2) is 0 Å². The standard InChI is InChI=1S/C9H16N2O3/c1-6(9(13)14)11-8(12)7-4-2-3-5-10-7/h6-7,10H,2-5H2,1H3,(H,11,12)(H,13,14)/t6-,7-/m0/s1. The van der Waals surface area contributed by atoms with E-state index in [0.29, 0.717) is 0 Å². The molecule has 1 saturated heterocycles. The van der Waals surface area contributed by atoms with E-state index in [-0.39, 0.29) is 11.9 Å². The van der Waals surface area contributed by atoms with E-state index in [9.17, 15) is 9.59 Å². The summed E-state index contributed by atoms with van der Waals surface area (Å²) in [4.78, 5) is 22.0. The van der Waals surface area contributed by atoms with Crippen LogP contribution in [0, 0.1) is 0 Å². The molecule has 0 bridgehead atoms. The number of nitrogens with one attached hydrogen (secondary N) is 2. The highest BCUT2D eigenvalue weighted by Crippen LogP contribution is 2.06. The predicted molar refractivity (Wildman–Crippen MR) is 50.9 cm³/mol. The molecule has 1 aliphatic heterocycles. The van der Waals surface area contributed by atoms with Gasteiger partial charge in [-0.3, -0.25) is 9.59 Å². The van der Waals surface area contributed by atoms with Gasteiger partial charge in [-0.25, -0.2) is 0 Å². The zero-order valence-electron chi connectivity index (χ0n) is 8.25. The van der Waals surface area contributed by atoms with Crippen molar-refractivity contribution in [2.75, 3.05) is 6.54 Å². The van der Waals surface area contributed by atoms with Gasteiger partial charge in [0.1, 0.15) is 6.04 Å². The Labute approximate surface area is 82.9 Å². The Morgan fingerprint density at radius 1 is 1.50 bits per heavy atom. The van der Waals surface area contributed by atoms with Crippen molar-refractivity contribution in [2.24, 2.45) is 0 Å². The predicted octanol–water partition coefficient (Wildman–Crippen LogP) is -0.282. The average Bonchev–Trinajstić information content (AvgIpc) is 2.19. The third kappa shape index (κ3) is 2.99. The number of rotatable bonds is 3. The van der Waals surface area contributed by atoms with Gasteiger partial charge in [-0.1, -0.05) is 6.42 Å². The Morgan fingerprint density at radius 3 is 2.71 bits per heavy atom. The molecule has 0 aromatic heterocycles. The molecular formula is C9H16N2O3. The molecule has 80 valence electrons. The maximum Gasteiger partial charge on any atom is 0.325 e. The second kappa shape index (κ2) is 4.95. The molecule has 0 aromatic rings. The lowest BCUT2D eigenvalue weighted by atomic mass is 10.0. The summed E-state index contributed by atoms with van der Waals surface area (Å²) in [6.45, 7) is 2.29. The summed E-state index contributed by atoms with van der Waals surface area (Å²) in [6, 6.07) is -1.03. The zero-order chi connectivity index (χ0) is 10.6. The van der Waals surface area contributed by atoms with E-state index in [1.165, 1.54) is 6.92 Å². The second-order valence-electron chi connectivity index (χ2n) is 3.57. The Bertz CT molecular complexity index is 224. The van der Waals surface area contributed by atoms with Crippen molar-refractivity contribution in [1.82, 2.24) is 10.6 Å². The normalized spacial score (nSPS) is 23.9. The Morgan fingerprint density at radius 2 is 2.21 bits per heavy atom. The second-order valence-corrected chi connectivity index (χ2v) is 3.57. The van der Waals surface area contributed by atoms with Crippen molar-refractivity contribution < 1.29 is 14.7 Å². The number of aliphatic carboxylic acids is 1. The Balaban J connectivity index is 2.36. The first kappa shape index (κ1) is 11.0. The van der Waals surface area contributed by atoms with Gasteiger partial charge in [0.2, 0.25) is 5.91 Å². The first-order chi connectivity index (χ1) is 6.61. The maximum absolute atomic E-state index is 11.5. The van der Waals surface area contributed by atoms with E-state index in [0.717, 1.165) is 25.8 Å². The quantitative estimate of drug-likeness (QED) is 0.585. The number of piperidine rings is 1. The summed E-state index contributed by atoms with van der Waals surface area (Å²) in [7, 11) is 0. The van der Waals surface area contributed by atoms with Crippen LogP contribution in [0.1, 0.15) is 26.2 Å². The minimum atomic E-state index is -1.01. The van der Waals surface area contributed by atoms with Gasteiger partial charge in [0.25, 0.3) is 0 Å². The number of carboxylic acids is 1. The van der Waals surface area contributed by atoms with Crippen LogP contribution in [-0.2, 0) is 9.59 Å². The summed E-state index contributed by atoms with van der Waals surface area (Å²) in [6.07, 6.45) is 2.89. The highest BCUT2D eigenvalue weighted by atomic mass is 16.4. The number of amides is 1. The number of hydrogen-bond acceptors (Lipinski definition) is 3. The van der Waals surface area contributed by atoms with Crippen molar-refractivity contribution in [3.63, 3.8) is 0 Å². The van der Waals surface area contributed by atoms with Gasteiger partial charge in [-0.05, 0) is 26.3 Å². The van der Waals surface area contributed by atoms with Gasteiger partial charge in [0.15, 0.2) is 0 Å². The van der Waals surface area contributed by atoms with Crippen molar-refractivity contribution in [2.45, 2.75) is 38.3 Å². The molecular weight excluding hydrogens is 184 g/mol. The highest BCUT2D eigenvalue weighted by Gasteiger charge is 2.23. The molecule has 0 spiro atoms. The monoisotopic (exact) mass is 200 g/mol. The van der Waals surface area contributed by atoms with E-state index < -0.39 is 12.0 Å². The minimum absolute atomic E-state index is 0.209. The molecule has 0 aliphatic carbocycles. The van der Waals surface area contributed by atoms with E-state index in [1.807, 2.05) is 0 Å². The number of hydrogen-bond donors (Lipinski definition) is 3. The van der Waals surface area contributed by atoms with Crippen LogP contribution in [0.3, 0.4) is 0 Å². The molecule has 1 rings (SSSR count). The van der Waals surface area contributed by atoms with Crippen LogP contribution in [0.25, 0.3) is 0 Å². The van der Waals surface area contributed by atoms with Crippen LogP contribution in [0.4, 0.5) is 0 Å². The van der Waals surface area contributed by atoms with Gasteiger partial charge in [0, 0.05) is 0 Å². The SMILES string of the molecule is C[C@H](NC(=O)[C@@H]1CCCCN1)C(=O)O. The molecule has 14 heavy (non-hydrogen) atoms. The fourth-order valence-corrected chi connectivity index (χ4v) is 1.45. The van der Waals surface area contributed by atoms with E-state index >= 15 is 0 Å². The zero-order valence-corrected chi connectivity index (χ0v) is 8.25. The Hall–Kier alpha value is -1.10. The fraction of sp³-hybridized carbons (Fsp3) is 0.778. The van der Waals surface area contributed by atoms with Gasteiger partial charge in [-0.2, -0.15) is 0 Å². The Kier molecular flexibility index (Phi) is 3.88. The molecule has 1 heterocycles. The third-order valence-electron chi connectivity index (χ3n) is 2.36. The first-order valence-electron chi connectivity index (χ1n) is 4.88. The van der Waals surface area contributed by atoms with Gasteiger partial charge in [-0.15, -0.1) is 0 Å². The molecule has 1 fully saturated rings. The summed E-state index contributed by atoms with van der Waals surface area (Å²) >= 11 is 0. The number of carbonyl (C=O) groups excluding carboxylic acids is 1. The number of carboxylic acid groups (broad SMARTS) is 1. The van der Waals surface area contributed by atoms with Crippen LogP contribution < -0.4 is 10.6 Å². The summed E-state index contributed by atoms with van der Waals surface area (Å²) in [5, 5.41) is 14.1. The van der Waals surface area contributed by atoms with Crippen molar-refractivity contribution in [3.05, 3.63) is 0 Å². The molecule has 1 amide bonds. The lowest BCUT2D eigenvalue weighted by Gasteiger charge is -2.23. The molecule has 0 unspecified atom stereocenters. The smallest absolute Gasteiger partial charge is 0.325 e. The average molecular weight is 200 g/mol. The van der Waals surface area contributed by atoms with E-state index in [2.05, 4.69) is 10.6 Å². The summed E-state index contributed by atoms with van der Waals surface area (Å²) in [5.41, 5.74) is 0. The molecule has 3 N–H and O–H groups in total. The fourth-order valence-electron chi connectivity index (χ4n) is 1.45.